The summed E-state index contributed by atoms with van der Waals surface area (Å²) in [6, 6.07) is 12.6. The SMILES string of the molecule is C/C(=N\NC(=O)c1ccc(Cl)cc1Cl)c1cccc(C)c1. The van der Waals surface area contributed by atoms with E-state index in [1.807, 2.05) is 38.1 Å². The van der Waals surface area contributed by atoms with Gasteiger partial charge in [0, 0.05) is 5.02 Å². The average molecular weight is 321 g/mol. The Morgan fingerprint density at radius 1 is 1.14 bits per heavy atom. The van der Waals surface area contributed by atoms with Crippen LogP contribution in [0.4, 0.5) is 0 Å². The van der Waals surface area contributed by atoms with Crippen molar-refractivity contribution in [2.75, 3.05) is 0 Å². The Labute approximate surface area is 133 Å². The van der Waals surface area contributed by atoms with E-state index < -0.39 is 0 Å². The third-order valence-corrected chi connectivity index (χ3v) is 3.48. The smallest absolute Gasteiger partial charge is 0.267 e. The highest BCUT2D eigenvalue weighted by Gasteiger charge is 2.10. The number of rotatable bonds is 3. The van der Waals surface area contributed by atoms with E-state index in [4.69, 9.17) is 23.2 Å². The van der Waals surface area contributed by atoms with Crippen LogP contribution in [0, 0.1) is 6.92 Å². The van der Waals surface area contributed by atoms with Crippen LogP contribution in [0.5, 0.6) is 0 Å². The molecular formula is C16H14Cl2N2O. The zero-order valence-corrected chi connectivity index (χ0v) is 13.2. The van der Waals surface area contributed by atoms with Gasteiger partial charge in [-0.25, -0.2) is 5.43 Å². The standard InChI is InChI=1S/C16H14Cl2N2O/c1-10-4-3-5-12(8-10)11(2)19-20-16(21)14-7-6-13(17)9-15(14)18/h3-9H,1-2H3,(H,20,21)/b19-11+. The first-order valence-electron chi connectivity index (χ1n) is 6.34. The molecule has 0 aliphatic rings. The number of hydrogen-bond acceptors (Lipinski definition) is 2. The first-order valence-corrected chi connectivity index (χ1v) is 7.09. The van der Waals surface area contributed by atoms with Crippen LogP contribution in [-0.4, -0.2) is 11.6 Å². The van der Waals surface area contributed by atoms with Crippen molar-refractivity contribution in [2.24, 2.45) is 5.10 Å². The molecule has 1 amide bonds. The van der Waals surface area contributed by atoms with Crippen LogP contribution < -0.4 is 5.43 Å². The molecule has 21 heavy (non-hydrogen) atoms. The molecule has 0 heterocycles. The number of carbonyl (C=O) groups is 1. The molecule has 0 fully saturated rings. The lowest BCUT2D eigenvalue weighted by Gasteiger charge is -2.05. The summed E-state index contributed by atoms with van der Waals surface area (Å²) in [6.07, 6.45) is 0. The minimum Gasteiger partial charge on any atom is -0.267 e. The lowest BCUT2D eigenvalue weighted by atomic mass is 10.1. The fourth-order valence-electron chi connectivity index (χ4n) is 1.80. The molecule has 2 rings (SSSR count). The summed E-state index contributed by atoms with van der Waals surface area (Å²) in [5.41, 5.74) is 5.64. The van der Waals surface area contributed by atoms with Crippen LogP contribution in [0.3, 0.4) is 0 Å². The maximum absolute atomic E-state index is 12.0. The highest BCUT2D eigenvalue weighted by atomic mass is 35.5. The van der Waals surface area contributed by atoms with Crippen molar-refractivity contribution in [3.8, 4) is 0 Å². The maximum atomic E-state index is 12.0. The Bertz CT molecular complexity index is 711. The van der Waals surface area contributed by atoms with E-state index in [1.165, 1.54) is 6.07 Å². The number of nitrogens with zero attached hydrogens (tertiary/aromatic N) is 1. The summed E-state index contributed by atoms with van der Waals surface area (Å²) in [4.78, 5) is 12.0. The fraction of sp³-hybridized carbons (Fsp3) is 0.125. The molecule has 0 atom stereocenters. The summed E-state index contributed by atoms with van der Waals surface area (Å²) in [5, 5.41) is 4.88. The van der Waals surface area contributed by atoms with Gasteiger partial charge in [0.2, 0.25) is 0 Å². The Balaban J connectivity index is 2.14. The Morgan fingerprint density at radius 3 is 2.57 bits per heavy atom. The van der Waals surface area contributed by atoms with Gasteiger partial charge >= 0.3 is 0 Å². The molecule has 0 aromatic heterocycles. The number of hydrazone groups is 1. The molecule has 1 N–H and O–H groups in total. The topological polar surface area (TPSA) is 41.5 Å². The molecule has 108 valence electrons. The number of amides is 1. The molecule has 0 aliphatic carbocycles. The van der Waals surface area contributed by atoms with Crippen LogP contribution in [0.15, 0.2) is 47.6 Å². The summed E-state index contributed by atoms with van der Waals surface area (Å²) < 4.78 is 0. The van der Waals surface area contributed by atoms with Crippen LogP contribution in [0.1, 0.15) is 28.4 Å². The zero-order valence-electron chi connectivity index (χ0n) is 11.7. The number of nitrogens with one attached hydrogen (secondary N) is 1. The van der Waals surface area contributed by atoms with E-state index in [0.717, 1.165) is 16.8 Å². The van der Waals surface area contributed by atoms with Gasteiger partial charge in [0.15, 0.2) is 0 Å². The number of hydrogen-bond donors (Lipinski definition) is 1. The maximum Gasteiger partial charge on any atom is 0.272 e. The second-order valence-electron chi connectivity index (χ2n) is 4.63. The normalized spacial score (nSPS) is 11.3. The number of benzene rings is 2. The van der Waals surface area contributed by atoms with E-state index in [1.54, 1.807) is 12.1 Å². The minimum absolute atomic E-state index is 0.295. The lowest BCUT2D eigenvalue weighted by molar-refractivity contribution is 0.0955. The summed E-state index contributed by atoms with van der Waals surface area (Å²) >= 11 is 11.8. The molecule has 0 spiro atoms. The molecule has 0 bridgehead atoms. The quantitative estimate of drug-likeness (QED) is 0.658. The monoisotopic (exact) mass is 320 g/mol. The molecule has 3 nitrogen and oxygen atoms in total. The van der Waals surface area contributed by atoms with Gasteiger partial charge in [0.25, 0.3) is 5.91 Å². The van der Waals surface area contributed by atoms with Gasteiger partial charge in [0.05, 0.1) is 16.3 Å². The van der Waals surface area contributed by atoms with Crippen molar-refractivity contribution >= 4 is 34.8 Å². The van der Waals surface area contributed by atoms with Gasteiger partial charge in [-0.2, -0.15) is 5.10 Å². The largest absolute Gasteiger partial charge is 0.272 e. The van der Waals surface area contributed by atoms with Crippen molar-refractivity contribution in [3.63, 3.8) is 0 Å². The Hall–Kier alpha value is -1.84. The lowest BCUT2D eigenvalue weighted by Crippen LogP contribution is -2.19. The van der Waals surface area contributed by atoms with Gasteiger partial charge in [-0.05, 0) is 37.6 Å². The van der Waals surface area contributed by atoms with Gasteiger partial charge in [-0.3, -0.25) is 4.79 Å². The Morgan fingerprint density at radius 2 is 1.90 bits per heavy atom. The predicted molar refractivity (Wildman–Crippen MR) is 87.3 cm³/mol. The van der Waals surface area contributed by atoms with Crippen molar-refractivity contribution in [2.45, 2.75) is 13.8 Å². The second kappa shape index (κ2) is 6.74. The van der Waals surface area contributed by atoms with Crippen molar-refractivity contribution < 1.29 is 4.79 Å². The van der Waals surface area contributed by atoms with E-state index in [0.29, 0.717) is 15.6 Å². The van der Waals surface area contributed by atoms with Crippen molar-refractivity contribution in [1.82, 2.24) is 5.43 Å². The van der Waals surface area contributed by atoms with Crippen molar-refractivity contribution in [1.29, 1.82) is 0 Å². The number of aryl methyl sites for hydroxylation is 1. The molecule has 2 aromatic rings. The number of carbonyl (C=O) groups excluding carboxylic acids is 1. The molecule has 5 heteroatoms. The average Bonchev–Trinajstić information content (AvgIpc) is 2.44. The zero-order chi connectivity index (χ0) is 15.4. The predicted octanol–water partition coefficient (Wildman–Crippen LogP) is 4.46. The van der Waals surface area contributed by atoms with Crippen LogP contribution in [0.2, 0.25) is 10.0 Å². The summed E-state index contributed by atoms with van der Waals surface area (Å²) in [6.45, 7) is 3.83. The molecule has 0 saturated heterocycles. The fourth-order valence-corrected chi connectivity index (χ4v) is 2.30. The second-order valence-corrected chi connectivity index (χ2v) is 5.48. The summed E-state index contributed by atoms with van der Waals surface area (Å²) in [7, 11) is 0. The first kappa shape index (κ1) is 15.5. The minimum atomic E-state index is -0.372. The Kier molecular flexibility index (Phi) is 4.99. The van der Waals surface area contributed by atoms with E-state index in [9.17, 15) is 4.79 Å². The van der Waals surface area contributed by atoms with E-state index in [2.05, 4.69) is 10.5 Å². The van der Waals surface area contributed by atoms with Gasteiger partial charge < -0.3 is 0 Å². The van der Waals surface area contributed by atoms with Crippen molar-refractivity contribution in [3.05, 3.63) is 69.2 Å². The summed E-state index contributed by atoms with van der Waals surface area (Å²) in [5.74, 6) is -0.372. The molecule has 0 unspecified atom stereocenters. The third-order valence-electron chi connectivity index (χ3n) is 2.94. The molecule has 2 aromatic carbocycles. The van der Waals surface area contributed by atoms with E-state index in [-0.39, 0.29) is 5.91 Å². The van der Waals surface area contributed by atoms with Crippen LogP contribution in [0.25, 0.3) is 0 Å². The van der Waals surface area contributed by atoms with Gasteiger partial charge in [0.1, 0.15) is 0 Å². The van der Waals surface area contributed by atoms with Crippen LogP contribution >= 0.6 is 23.2 Å². The molecule has 0 radical (unpaired) electrons. The number of halogens is 2. The van der Waals surface area contributed by atoms with Crippen LogP contribution in [-0.2, 0) is 0 Å². The molecular weight excluding hydrogens is 307 g/mol. The third kappa shape index (κ3) is 4.06. The van der Waals surface area contributed by atoms with Gasteiger partial charge in [-0.1, -0.05) is 53.0 Å². The van der Waals surface area contributed by atoms with E-state index >= 15 is 0 Å². The first-order chi connectivity index (χ1) is 9.97. The highest BCUT2D eigenvalue weighted by molar-refractivity contribution is 6.36. The highest BCUT2D eigenvalue weighted by Crippen LogP contribution is 2.20. The van der Waals surface area contributed by atoms with Gasteiger partial charge in [-0.15, -0.1) is 0 Å². The molecule has 0 saturated carbocycles. The molecule has 0 aliphatic heterocycles.